The van der Waals surface area contributed by atoms with Crippen LogP contribution >= 0.6 is 0 Å². The fourth-order valence-corrected chi connectivity index (χ4v) is 1.45. The van der Waals surface area contributed by atoms with E-state index in [0.717, 1.165) is 0 Å². The topological polar surface area (TPSA) is 0 Å². The zero-order valence-corrected chi connectivity index (χ0v) is 7.15. The molecular weight excluding hydrogens is 120 g/mol. The van der Waals surface area contributed by atoms with Crippen LogP contribution in [0.1, 0.15) is 33.6 Å². The van der Waals surface area contributed by atoms with Gasteiger partial charge in [-0.2, -0.15) is 0 Å². The Bertz CT molecular complexity index is 170. The molecule has 0 amide bonds. The predicted octanol–water partition coefficient (Wildman–Crippen LogP) is 3.31. The Balaban J connectivity index is 2.55. The van der Waals surface area contributed by atoms with Gasteiger partial charge in [0.1, 0.15) is 0 Å². The summed E-state index contributed by atoms with van der Waals surface area (Å²) in [7, 11) is 0. The Morgan fingerprint density at radius 3 is 2.60 bits per heavy atom. The lowest BCUT2D eigenvalue weighted by atomic mass is 9.90. The zero-order valence-electron chi connectivity index (χ0n) is 7.15. The van der Waals surface area contributed by atoms with Gasteiger partial charge >= 0.3 is 0 Å². The van der Waals surface area contributed by atoms with E-state index in [4.69, 9.17) is 0 Å². The van der Waals surface area contributed by atoms with Crippen molar-refractivity contribution in [1.82, 2.24) is 0 Å². The van der Waals surface area contributed by atoms with Gasteiger partial charge in [-0.3, -0.25) is 0 Å². The normalized spacial score (nSPS) is 23.7. The molecule has 1 rings (SSSR count). The van der Waals surface area contributed by atoms with Crippen molar-refractivity contribution in [2.45, 2.75) is 33.6 Å². The molecular formula is C10H16. The van der Waals surface area contributed by atoms with E-state index in [-0.39, 0.29) is 0 Å². The first kappa shape index (κ1) is 7.59. The quantitative estimate of drug-likeness (QED) is 0.518. The summed E-state index contributed by atoms with van der Waals surface area (Å²) in [6.07, 6.45) is 9.17. The molecule has 0 aromatic carbocycles. The summed E-state index contributed by atoms with van der Waals surface area (Å²) in [4.78, 5) is 0. The minimum absolute atomic E-state index is 0.523. The number of hydrogen-bond acceptors (Lipinski definition) is 0. The average Bonchev–Trinajstić information content (AvgIpc) is 2.12. The van der Waals surface area contributed by atoms with Crippen molar-refractivity contribution in [3.63, 3.8) is 0 Å². The van der Waals surface area contributed by atoms with Crippen LogP contribution in [0.25, 0.3) is 0 Å². The molecule has 0 unspecified atom stereocenters. The lowest BCUT2D eigenvalue weighted by Gasteiger charge is -2.15. The Morgan fingerprint density at radius 1 is 1.50 bits per heavy atom. The lowest BCUT2D eigenvalue weighted by Crippen LogP contribution is -2.03. The van der Waals surface area contributed by atoms with E-state index in [0.29, 0.717) is 5.41 Å². The summed E-state index contributed by atoms with van der Waals surface area (Å²) in [5.74, 6) is 0. The van der Waals surface area contributed by atoms with Crippen LogP contribution in [-0.2, 0) is 0 Å². The highest BCUT2D eigenvalue weighted by Crippen LogP contribution is 2.36. The molecule has 56 valence electrons. The number of hydrogen-bond donors (Lipinski definition) is 0. The largest absolute Gasteiger partial charge is 0.0874 e. The van der Waals surface area contributed by atoms with Gasteiger partial charge in [0, 0.05) is 0 Å². The van der Waals surface area contributed by atoms with Crippen molar-refractivity contribution in [3.05, 3.63) is 23.8 Å². The Morgan fingerprint density at radius 2 is 2.20 bits per heavy atom. The third kappa shape index (κ3) is 1.73. The molecule has 0 fully saturated rings. The first-order chi connectivity index (χ1) is 4.64. The molecule has 0 nitrogen and oxygen atoms in total. The Hall–Kier alpha value is -0.520. The highest BCUT2D eigenvalue weighted by atomic mass is 14.3. The predicted molar refractivity (Wildman–Crippen MR) is 45.9 cm³/mol. The minimum Gasteiger partial charge on any atom is -0.0874 e. The standard InChI is InChI=1S/C10H16/c1-4-5-9-6-7-10(2,3)8-9/h4-6H,7-8H2,1-3H3/b5-4+. The van der Waals surface area contributed by atoms with Crippen molar-refractivity contribution in [2.75, 3.05) is 0 Å². The third-order valence-corrected chi connectivity index (χ3v) is 1.98. The molecule has 0 N–H and O–H groups in total. The Labute approximate surface area is 63.6 Å². The van der Waals surface area contributed by atoms with Crippen LogP contribution in [0.2, 0.25) is 0 Å². The van der Waals surface area contributed by atoms with Gasteiger partial charge in [-0.25, -0.2) is 0 Å². The maximum atomic E-state index is 2.35. The van der Waals surface area contributed by atoms with Gasteiger partial charge in [0.05, 0.1) is 0 Å². The van der Waals surface area contributed by atoms with E-state index in [1.54, 1.807) is 0 Å². The van der Waals surface area contributed by atoms with E-state index in [1.807, 2.05) is 0 Å². The van der Waals surface area contributed by atoms with Crippen LogP contribution in [0.4, 0.5) is 0 Å². The van der Waals surface area contributed by atoms with Gasteiger partial charge in [0.15, 0.2) is 0 Å². The van der Waals surface area contributed by atoms with Gasteiger partial charge in [0.25, 0.3) is 0 Å². The van der Waals surface area contributed by atoms with Crippen LogP contribution in [0.3, 0.4) is 0 Å². The summed E-state index contributed by atoms with van der Waals surface area (Å²) in [5.41, 5.74) is 2.03. The molecule has 0 saturated carbocycles. The molecule has 0 heterocycles. The van der Waals surface area contributed by atoms with Gasteiger partial charge in [0.2, 0.25) is 0 Å². The molecule has 0 aromatic rings. The summed E-state index contributed by atoms with van der Waals surface area (Å²) in [6.45, 7) is 6.71. The van der Waals surface area contributed by atoms with Crippen molar-refractivity contribution in [1.29, 1.82) is 0 Å². The number of rotatable bonds is 1. The van der Waals surface area contributed by atoms with Crippen molar-refractivity contribution in [2.24, 2.45) is 5.41 Å². The SMILES string of the molecule is C/C=C/C1=CCC(C)(C)C1. The fraction of sp³-hybridized carbons (Fsp3) is 0.600. The molecule has 0 spiro atoms. The minimum atomic E-state index is 0.523. The van der Waals surface area contributed by atoms with Crippen LogP contribution < -0.4 is 0 Å². The fourth-order valence-electron chi connectivity index (χ4n) is 1.45. The summed E-state index contributed by atoms with van der Waals surface area (Å²) in [5, 5.41) is 0. The molecule has 0 saturated heterocycles. The van der Waals surface area contributed by atoms with Crippen LogP contribution in [0.5, 0.6) is 0 Å². The van der Waals surface area contributed by atoms with E-state index < -0.39 is 0 Å². The van der Waals surface area contributed by atoms with Crippen molar-refractivity contribution in [3.8, 4) is 0 Å². The Kier molecular flexibility index (Phi) is 1.98. The summed E-state index contributed by atoms with van der Waals surface area (Å²) in [6, 6.07) is 0. The monoisotopic (exact) mass is 136 g/mol. The molecule has 0 heteroatoms. The number of allylic oxidation sites excluding steroid dienone is 4. The van der Waals surface area contributed by atoms with E-state index in [9.17, 15) is 0 Å². The molecule has 0 aliphatic heterocycles. The highest BCUT2D eigenvalue weighted by molar-refractivity contribution is 5.24. The second kappa shape index (κ2) is 2.61. The van der Waals surface area contributed by atoms with Crippen LogP contribution in [0.15, 0.2) is 23.8 Å². The zero-order chi connectivity index (χ0) is 7.61. The van der Waals surface area contributed by atoms with Crippen molar-refractivity contribution < 1.29 is 0 Å². The molecule has 0 aromatic heterocycles. The van der Waals surface area contributed by atoms with Gasteiger partial charge in [-0.15, -0.1) is 0 Å². The molecule has 1 aliphatic carbocycles. The average molecular weight is 136 g/mol. The van der Waals surface area contributed by atoms with E-state index >= 15 is 0 Å². The smallest absolute Gasteiger partial charge is 0.0228 e. The second-order valence-electron chi connectivity index (χ2n) is 3.82. The molecule has 0 atom stereocenters. The van der Waals surface area contributed by atoms with Crippen molar-refractivity contribution >= 4 is 0 Å². The summed E-state index contributed by atoms with van der Waals surface area (Å²) < 4.78 is 0. The third-order valence-electron chi connectivity index (χ3n) is 1.98. The lowest BCUT2D eigenvalue weighted by molar-refractivity contribution is 0.396. The summed E-state index contributed by atoms with van der Waals surface area (Å²) >= 11 is 0. The van der Waals surface area contributed by atoms with Gasteiger partial charge < -0.3 is 0 Å². The highest BCUT2D eigenvalue weighted by Gasteiger charge is 2.22. The maximum Gasteiger partial charge on any atom is -0.0228 e. The van der Waals surface area contributed by atoms with E-state index in [2.05, 4.69) is 39.0 Å². The van der Waals surface area contributed by atoms with Gasteiger partial charge in [-0.05, 0) is 25.2 Å². The molecule has 0 radical (unpaired) electrons. The van der Waals surface area contributed by atoms with Gasteiger partial charge in [-0.1, -0.05) is 37.6 Å². The first-order valence-electron chi connectivity index (χ1n) is 3.96. The molecule has 0 bridgehead atoms. The maximum absolute atomic E-state index is 2.35. The van der Waals surface area contributed by atoms with Crippen LogP contribution in [0, 0.1) is 5.41 Å². The first-order valence-corrected chi connectivity index (χ1v) is 3.96. The van der Waals surface area contributed by atoms with E-state index in [1.165, 1.54) is 18.4 Å². The second-order valence-corrected chi connectivity index (χ2v) is 3.82. The molecule has 1 aliphatic rings. The van der Waals surface area contributed by atoms with Crippen LogP contribution in [-0.4, -0.2) is 0 Å². The molecule has 10 heavy (non-hydrogen) atoms.